The predicted molar refractivity (Wildman–Crippen MR) is 92.7 cm³/mol. The number of aromatic nitrogens is 3. The van der Waals surface area contributed by atoms with Crippen molar-refractivity contribution >= 4 is 39.6 Å². The van der Waals surface area contributed by atoms with Crippen molar-refractivity contribution in [3.05, 3.63) is 66.0 Å². The van der Waals surface area contributed by atoms with E-state index in [1.54, 1.807) is 18.3 Å². The van der Waals surface area contributed by atoms with Crippen molar-refractivity contribution in [2.45, 2.75) is 0 Å². The molecule has 0 atom stereocenters. The highest BCUT2D eigenvalue weighted by Crippen LogP contribution is 2.18. The Bertz CT molecular complexity index is 1130. The summed E-state index contributed by atoms with van der Waals surface area (Å²) in [6, 6.07) is 13.8. The minimum Gasteiger partial charge on any atom is -0.478 e. The lowest BCUT2D eigenvalue weighted by Crippen LogP contribution is -2.14. The Kier molecular flexibility index (Phi) is 3.39. The molecule has 0 saturated carbocycles. The molecule has 1 amide bonds. The van der Waals surface area contributed by atoms with Gasteiger partial charge in [-0.3, -0.25) is 15.1 Å². The van der Waals surface area contributed by atoms with Crippen molar-refractivity contribution in [2.75, 3.05) is 5.32 Å². The number of rotatable bonds is 3. The van der Waals surface area contributed by atoms with E-state index in [1.807, 2.05) is 24.3 Å². The number of benzene rings is 2. The average Bonchev–Trinajstić information content (AvgIpc) is 3.02. The highest BCUT2D eigenvalue weighted by Gasteiger charge is 2.12. The van der Waals surface area contributed by atoms with E-state index in [1.165, 1.54) is 12.1 Å². The van der Waals surface area contributed by atoms with Gasteiger partial charge in [-0.1, -0.05) is 24.3 Å². The lowest BCUT2D eigenvalue weighted by molar-refractivity contribution is 0.0697. The molecule has 4 rings (SSSR count). The summed E-state index contributed by atoms with van der Waals surface area (Å²) in [4.78, 5) is 34.7. The molecule has 2 heterocycles. The van der Waals surface area contributed by atoms with Crippen molar-refractivity contribution < 1.29 is 14.7 Å². The second-order valence-electron chi connectivity index (χ2n) is 5.49. The molecule has 0 fully saturated rings. The zero-order valence-corrected chi connectivity index (χ0v) is 12.9. The fourth-order valence-corrected chi connectivity index (χ4v) is 2.58. The lowest BCUT2D eigenvalue weighted by Gasteiger charge is -2.03. The molecular weight excluding hydrogens is 320 g/mol. The fraction of sp³-hybridized carbons (Fsp3) is 0. The zero-order chi connectivity index (χ0) is 17.4. The van der Waals surface area contributed by atoms with Crippen molar-refractivity contribution in [2.24, 2.45) is 0 Å². The van der Waals surface area contributed by atoms with Crippen LogP contribution in [0.1, 0.15) is 20.8 Å². The van der Waals surface area contributed by atoms with Crippen molar-refractivity contribution in [3.63, 3.8) is 0 Å². The van der Waals surface area contributed by atoms with E-state index in [2.05, 4.69) is 20.3 Å². The van der Waals surface area contributed by atoms with Gasteiger partial charge in [-0.05, 0) is 29.7 Å². The number of imidazole rings is 1. The highest BCUT2D eigenvalue weighted by molar-refractivity contribution is 6.04. The maximum absolute atomic E-state index is 12.4. The second-order valence-corrected chi connectivity index (χ2v) is 5.49. The van der Waals surface area contributed by atoms with Crippen LogP contribution in [0.5, 0.6) is 0 Å². The van der Waals surface area contributed by atoms with Crippen LogP contribution < -0.4 is 5.32 Å². The molecule has 25 heavy (non-hydrogen) atoms. The molecule has 0 unspecified atom stereocenters. The van der Waals surface area contributed by atoms with Gasteiger partial charge in [0.05, 0.1) is 16.6 Å². The standard InChI is InChI=1S/C18H12N4O3/c23-16(15-7-10-3-1-2-4-12(10)9-19-15)22-18-20-13-6-5-11(17(24)25)8-14(13)21-18/h1-9H,(H,24,25)(H2,20,21,22,23). The van der Waals surface area contributed by atoms with Crippen LogP contribution in [0.2, 0.25) is 0 Å². The molecule has 7 heteroatoms. The number of carboxylic acid groups (broad SMARTS) is 1. The van der Waals surface area contributed by atoms with Crippen LogP contribution in [0.4, 0.5) is 5.95 Å². The van der Waals surface area contributed by atoms with Crippen LogP contribution in [0, 0.1) is 0 Å². The molecule has 0 radical (unpaired) electrons. The van der Waals surface area contributed by atoms with E-state index >= 15 is 0 Å². The Morgan fingerprint density at radius 3 is 2.64 bits per heavy atom. The van der Waals surface area contributed by atoms with E-state index in [9.17, 15) is 9.59 Å². The summed E-state index contributed by atoms with van der Waals surface area (Å²) in [6.45, 7) is 0. The number of aromatic amines is 1. The third-order valence-corrected chi connectivity index (χ3v) is 3.83. The predicted octanol–water partition coefficient (Wildman–Crippen LogP) is 3.06. The van der Waals surface area contributed by atoms with Crippen LogP contribution >= 0.6 is 0 Å². The molecule has 0 aliphatic heterocycles. The summed E-state index contributed by atoms with van der Waals surface area (Å²) in [6.07, 6.45) is 1.64. The summed E-state index contributed by atoms with van der Waals surface area (Å²) in [5.74, 6) is -1.20. The first-order valence-electron chi connectivity index (χ1n) is 7.49. The van der Waals surface area contributed by atoms with Crippen molar-refractivity contribution in [1.29, 1.82) is 0 Å². The molecule has 122 valence electrons. The van der Waals surface area contributed by atoms with Crippen LogP contribution in [0.15, 0.2) is 54.7 Å². The number of hydrogen-bond acceptors (Lipinski definition) is 4. The summed E-state index contributed by atoms with van der Waals surface area (Å²) >= 11 is 0. The molecule has 7 nitrogen and oxygen atoms in total. The topological polar surface area (TPSA) is 108 Å². The molecule has 0 spiro atoms. The van der Waals surface area contributed by atoms with Crippen LogP contribution in [-0.2, 0) is 0 Å². The number of carboxylic acids is 1. The van der Waals surface area contributed by atoms with Gasteiger partial charge in [-0.2, -0.15) is 0 Å². The molecule has 0 bridgehead atoms. The fourth-order valence-electron chi connectivity index (χ4n) is 2.58. The SMILES string of the molecule is O=C(O)c1ccc2[nH]c(NC(=O)c3cc4ccccc4cn3)nc2c1. The van der Waals surface area contributed by atoms with E-state index in [0.717, 1.165) is 10.8 Å². The average molecular weight is 332 g/mol. The van der Waals surface area contributed by atoms with E-state index < -0.39 is 11.9 Å². The number of anilines is 1. The zero-order valence-electron chi connectivity index (χ0n) is 12.9. The minimum atomic E-state index is -1.03. The van der Waals surface area contributed by atoms with Crippen molar-refractivity contribution in [1.82, 2.24) is 15.0 Å². The van der Waals surface area contributed by atoms with E-state index in [-0.39, 0.29) is 17.2 Å². The smallest absolute Gasteiger partial charge is 0.335 e. The van der Waals surface area contributed by atoms with Gasteiger partial charge in [-0.15, -0.1) is 0 Å². The van der Waals surface area contributed by atoms with E-state index in [0.29, 0.717) is 11.0 Å². The molecule has 2 aromatic heterocycles. The van der Waals surface area contributed by atoms with Gasteiger partial charge in [-0.25, -0.2) is 9.78 Å². The number of pyridine rings is 1. The van der Waals surface area contributed by atoms with Crippen LogP contribution in [0.3, 0.4) is 0 Å². The number of hydrogen-bond donors (Lipinski definition) is 3. The summed E-state index contributed by atoms with van der Waals surface area (Å²) in [5.41, 5.74) is 1.49. The third-order valence-electron chi connectivity index (χ3n) is 3.83. The Balaban J connectivity index is 1.62. The number of fused-ring (bicyclic) bond motifs is 2. The number of aromatic carboxylic acids is 1. The Labute approximate surface area is 141 Å². The van der Waals surface area contributed by atoms with Gasteiger partial charge in [0.15, 0.2) is 0 Å². The number of nitrogens with one attached hydrogen (secondary N) is 2. The van der Waals surface area contributed by atoms with Crippen molar-refractivity contribution in [3.8, 4) is 0 Å². The number of H-pyrrole nitrogens is 1. The minimum absolute atomic E-state index is 0.132. The van der Waals surface area contributed by atoms with Gasteiger partial charge in [0.2, 0.25) is 5.95 Å². The maximum Gasteiger partial charge on any atom is 0.335 e. The molecule has 0 aliphatic carbocycles. The third kappa shape index (κ3) is 2.78. The first kappa shape index (κ1) is 14.8. The summed E-state index contributed by atoms with van der Waals surface area (Å²) in [5, 5.41) is 13.5. The summed E-state index contributed by atoms with van der Waals surface area (Å²) < 4.78 is 0. The van der Waals surface area contributed by atoms with E-state index in [4.69, 9.17) is 5.11 Å². The molecular formula is C18H12N4O3. The van der Waals surface area contributed by atoms with Gasteiger partial charge in [0.25, 0.3) is 5.91 Å². The lowest BCUT2D eigenvalue weighted by atomic mass is 10.1. The summed E-state index contributed by atoms with van der Waals surface area (Å²) in [7, 11) is 0. The highest BCUT2D eigenvalue weighted by atomic mass is 16.4. The largest absolute Gasteiger partial charge is 0.478 e. The normalized spacial score (nSPS) is 10.9. The number of nitrogens with zero attached hydrogens (tertiary/aromatic N) is 2. The number of amides is 1. The van der Waals surface area contributed by atoms with Gasteiger partial charge >= 0.3 is 5.97 Å². The first-order valence-corrected chi connectivity index (χ1v) is 7.49. The second kappa shape index (κ2) is 5.72. The van der Waals surface area contributed by atoms with Crippen LogP contribution in [0.25, 0.3) is 21.8 Å². The molecule has 0 aliphatic rings. The van der Waals surface area contributed by atoms with Gasteiger partial charge in [0, 0.05) is 11.6 Å². The molecule has 2 aromatic carbocycles. The molecule has 3 N–H and O–H groups in total. The Morgan fingerprint density at radius 1 is 1.04 bits per heavy atom. The van der Waals surface area contributed by atoms with Gasteiger partial charge < -0.3 is 10.1 Å². The first-order chi connectivity index (χ1) is 12.1. The number of carbonyl (C=O) groups is 2. The molecule has 0 saturated heterocycles. The number of carbonyl (C=O) groups excluding carboxylic acids is 1. The van der Waals surface area contributed by atoms with Crippen LogP contribution in [-0.4, -0.2) is 31.9 Å². The Morgan fingerprint density at radius 2 is 1.84 bits per heavy atom. The monoisotopic (exact) mass is 332 g/mol. The maximum atomic E-state index is 12.4. The van der Waals surface area contributed by atoms with Gasteiger partial charge in [0.1, 0.15) is 5.69 Å². The Hall–Kier alpha value is -3.74. The molecule has 4 aromatic rings. The quantitative estimate of drug-likeness (QED) is 0.534.